The number of rotatable bonds is 9. The van der Waals surface area contributed by atoms with Gasteiger partial charge in [0.1, 0.15) is 12.4 Å². The van der Waals surface area contributed by atoms with Crippen LogP contribution in [0.5, 0.6) is 5.75 Å². The van der Waals surface area contributed by atoms with Crippen molar-refractivity contribution in [3.05, 3.63) is 95.6 Å². The fourth-order valence-corrected chi connectivity index (χ4v) is 2.93. The Morgan fingerprint density at radius 1 is 0.867 bits per heavy atom. The fraction of sp³-hybridized carbons (Fsp3) is 0.200. The Labute approximate surface area is 177 Å². The molecule has 0 aliphatic carbocycles. The molecule has 3 aromatic carbocycles. The lowest BCUT2D eigenvalue weighted by atomic mass is 10.1. The predicted octanol–water partition coefficient (Wildman–Crippen LogP) is 4.93. The number of nitrogens with one attached hydrogen (secondary N) is 2. The van der Waals surface area contributed by atoms with Crippen molar-refractivity contribution < 1.29 is 14.3 Å². The summed E-state index contributed by atoms with van der Waals surface area (Å²) in [5, 5.41) is 5.78. The van der Waals surface area contributed by atoms with E-state index in [9.17, 15) is 9.59 Å². The van der Waals surface area contributed by atoms with Gasteiger partial charge in [-0.25, -0.2) is 0 Å². The first-order valence-electron chi connectivity index (χ1n) is 10.1. The number of carbonyl (C=O) groups excluding carboxylic acids is 2. The van der Waals surface area contributed by atoms with Gasteiger partial charge in [0, 0.05) is 24.2 Å². The Morgan fingerprint density at radius 3 is 2.37 bits per heavy atom. The van der Waals surface area contributed by atoms with Crippen LogP contribution < -0.4 is 15.4 Å². The summed E-state index contributed by atoms with van der Waals surface area (Å²) < 4.78 is 5.72. The van der Waals surface area contributed by atoms with E-state index in [1.807, 2.05) is 73.7 Å². The van der Waals surface area contributed by atoms with E-state index < -0.39 is 0 Å². The zero-order valence-electron chi connectivity index (χ0n) is 17.1. The van der Waals surface area contributed by atoms with Gasteiger partial charge in [0.25, 0.3) is 5.91 Å². The van der Waals surface area contributed by atoms with E-state index >= 15 is 0 Å². The van der Waals surface area contributed by atoms with Gasteiger partial charge < -0.3 is 15.4 Å². The smallest absolute Gasteiger partial charge is 0.251 e. The molecule has 3 aromatic rings. The monoisotopic (exact) mass is 402 g/mol. The van der Waals surface area contributed by atoms with E-state index in [1.165, 1.54) is 0 Å². The molecule has 5 nitrogen and oxygen atoms in total. The number of benzene rings is 3. The first kappa shape index (κ1) is 21.1. The third-order valence-electron chi connectivity index (χ3n) is 4.51. The molecule has 0 fully saturated rings. The largest absolute Gasteiger partial charge is 0.489 e. The second-order valence-electron chi connectivity index (χ2n) is 6.98. The molecule has 0 spiro atoms. The Kier molecular flexibility index (Phi) is 7.61. The van der Waals surface area contributed by atoms with Crippen molar-refractivity contribution >= 4 is 17.5 Å². The zero-order chi connectivity index (χ0) is 21.2. The van der Waals surface area contributed by atoms with Crippen molar-refractivity contribution in [1.82, 2.24) is 5.32 Å². The molecule has 0 atom stereocenters. The van der Waals surface area contributed by atoms with Gasteiger partial charge in [-0.05, 0) is 53.9 Å². The van der Waals surface area contributed by atoms with E-state index in [0.717, 1.165) is 29.0 Å². The highest BCUT2D eigenvalue weighted by Gasteiger charge is 2.07. The van der Waals surface area contributed by atoms with Crippen LogP contribution >= 0.6 is 0 Å². The SMILES string of the molecule is CCCC(=O)Nc1cccc(CNC(=O)c2ccc(COc3ccccc3)cc2)c1. The molecule has 154 valence electrons. The molecule has 0 aliphatic heterocycles. The molecule has 5 heteroatoms. The van der Waals surface area contributed by atoms with Crippen molar-refractivity contribution in [2.45, 2.75) is 32.9 Å². The molecular weight excluding hydrogens is 376 g/mol. The molecular formula is C25H26N2O3. The molecule has 0 unspecified atom stereocenters. The maximum Gasteiger partial charge on any atom is 0.251 e. The van der Waals surface area contributed by atoms with Crippen molar-refractivity contribution in [2.75, 3.05) is 5.32 Å². The summed E-state index contributed by atoms with van der Waals surface area (Å²) >= 11 is 0. The fourth-order valence-electron chi connectivity index (χ4n) is 2.93. The Morgan fingerprint density at radius 2 is 1.63 bits per heavy atom. The molecule has 0 aromatic heterocycles. The summed E-state index contributed by atoms with van der Waals surface area (Å²) in [4.78, 5) is 24.2. The molecule has 0 saturated heterocycles. The average Bonchev–Trinajstić information content (AvgIpc) is 2.77. The molecule has 0 heterocycles. The molecule has 0 radical (unpaired) electrons. The minimum atomic E-state index is -0.147. The minimum Gasteiger partial charge on any atom is -0.489 e. The van der Waals surface area contributed by atoms with E-state index in [-0.39, 0.29) is 11.8 Å². The zero-order valence-corrected chi connectivity index (χ0v) is 17.1. The molecule has 3 rings (SSSR count). The second kappa shape index (κ2) is 10.8. The average molecular weight is 402 g/mol. The number of ether oxygens (including phenoxy) is 1. The van der Waals surface area contributed by atoms with Gasteiger partial charge in [0.2, 0.25) is 5.91 Å². The minimum absolute atomic E-state index is 0.00461. The van der Waals surface area contributed by atoms with Crippen molar-refractivity contribution in [3.8, 4) is 5.75 Å². The molecule has 0 aliphatic rings. The van der Waals surface area contributed by atoms with Crippen LogP contribution in [0.1, 0.15) is 41.3 Å². The first-order valence-corrected chi connectivity index (χ1v) is 10.1. The van der Waals surface area contributed by atoms with Gasteiger partial charge in [-0.3, -0.25) is 9.59 Å². The quantitative estimate of drug-likeness (QED) is 0.533. The summed E-state index contributed by atoms with van der Waals surface area (Å²) in [7, 11) is 0. The van der Waals surface area contributed by atoms with E-state index in [1.54, 1.807) is 12.1 Å². The van der Waals surface area contributed by atoms with Crippen molar-refractivity contribution in [3.63, 3.8) is 0 Å². The predicted molar refractivity (Wildman–Crippen MR) is 118 cm³/mol. The molecule has 2 N–H and O–H groups in total. The highest BCUT2D eigenvalue weighted by atomic mass is 16.5. The number of para-hydroxylation sites is 1. The van der Waals surface area contributed by atoms with Gasteiger partial charge >= 0.3 is 0 Å². The molecule has 0 saturated carbocycles. The van der Waals surface area contributed by atoms with Crippen LogP contribution in [0.2, 0.25) is 0 Å². The number of hydrogen-bond acceptors (Lipinski definition) is 3. The lowest BCUT2D eigenvalue weighted by molar-refractivity contribution is -0.116. The Bertz CT molecular complexity index is 969. The van der Waals surface area contributed by atoms with Crippen LogP contribution in [0.25, 0.3) is 0 Å². The Hall–Kier alpha value is -3.60. The summed E-state index contributed by atoms with van der Waals surface area (Å²) in [5.41, 5.74) is 3.24. The number of anilines is 1. The third-order valence-corrected chi connectivity index (χ3v) is 4.51. The van der Waals surface area contributed by atoms with Gasteiger partial charge in [-0.2, -0.15) is 0 Å². The molecule has 2 amide bonds. The maximum atomic E-state index is 12.4. The van der Waals surface area contributed by atoms with Crippen LogP contribution in [-0.2, 0) is 17.9 Å². The van der Waals surface area contributed by atoms with E-state index in [2.05, 4.69) is 10.6 Å². The normalized spacial score (nSPS) is 10.3. The lowest BCUT2D eigenvalue weighted by Gasteiger charge is -2.09. The maximum absolute atomic E-state index is 12.4. The third kappa shape index (κ3) is 6.48. The summed E-state index contributed by atoms with van der Waals surface area (Å²) in [6, 6.07) is 24.5. The van der Waals surface area contributed by atoms with Crippen LogP contribution in [0, 0.1) is 0 Å². The van der Waals surface area contributed by atoms with Crippen molar-refractivity contribution in [2.24, 2.45) is 0 Å². The van der Waals surface area contributed by atoms with Gasteiger partial charge in [-0.15, -0.1) is 0 Å². The van der Waals surface area contributed by atoms with Crippen LogP contribution in [0.3, 0.4) is 0 Å². The number of hydrogen-bond donors (Lipinski definition) is 2. The van der Waals surface area contributed by atoms with Crippen LogP contribution in [0.15, 0.2) is 78.9 Å². The summed E-state index contributed by atoms with van der Waals surface area (Å²) in [6.45, 7) is 2.80. The number of amides is 2. The van der Waals surface area contributed by atoms with Gasteiger partial charge in [0.05, 0.1) is 0 Å². The number of carbonyl (C=O) groups is 2. The van der Waals surface area contributed by atoms with Gasteiger partial charge in [-0.1, -0.05) is 49.4 Å². The molecule has 30 heavy (non-hydrogen) atoms. The lowest BCUT2D eigenvalue weighted by Crippen LogP contribution is -2.22. The highest BCUT2D eigenvalue weighted by molar-refractivity contribution is 5.94. The van der Waals surface area contributed by atoms with E-state index in [0.29, 0.717) is 25.1 Å². The molecule has 0 bridgehead atoms. The van der Waals surface area contributed by atoms with Crippen LogP contribution in [-0.4, -0.2) is 11.8 Å². The van der Waals surface area contributed by atoms with Gasteiger partial charge in [0.15, 0.2) is 0 Å². The summed E-state index contributed by atoms with van der Waals surface area (Å²) in [6.07, 6.45) is 1.30. The highest BCUT2D eigenvalue weighted by Crippen LogP contribution is 2.14. The first-order chi connectivity index (χ1) is 14.6. The Balaban J connectivity index is 1.50. The van der Waals surface area contributed by atoms with Crippen molar-refractivity contribution in [1.29, 1.82) is 0 Å². The topological polar surface area (TPSA) is 67.4 Å². The standard InChI is InChI=1S/C25H26N2O3/c1-2-7-24(28)27-22-9-6-8-20(16-22)17-26-25(29)21-14-12-19(13-15-21)18-30-23-10-4-3-5-11-23/h3-6,8-16H,2,7,17-18H2,1H3,(H,26,29)(H,27,28). The van der Waals surface area contributed by atoms with Crippen LogP contribution in [0.4, 0.5) is 5.69 Å². The summed E-state index contributed by atoms with van der Waals surface area (Å²) in [5.74, 6) is 0.661. The van der Waals surface area contributed by atoms with E-state index in [4.69, 9.17) is 4.74 Å². The second-order valence-corrected chi connectivity index (χ2v) is 6.98.